The number of hydrogen-bond donors (Lipinski definition) is 2. The van der Waals surface area contributed by atoms with E-state index in [1.165, 1.54) is 6.20 Å². The van der Waals surface area contributed by atoms with E-state index in [0.717, 1.165) is 4.47 Å². The summed E-state index contributed by atoms with van der Waals surface area (Å²) in [6, 6.07) is 1.73. The summed E-state index contributed by atoms with van der Waals surface area (Å²) in [7, 11) is 0. The standard InChI is InChI=1S/C8H8Br2F2N2O/c9-4-1-5(10)8(13-2-4)14-3-6(15)7(11)12/h1-2,6-7,15H,3H2,(H,13,14). The molecule has 1 atom stereocenters. The average Bonchev–Trinajstić information content (AvgIpc) is 2.15. The van der Waals surface area contributed by atoms with Gasteiger partial charge in [0, 0.05) is 17.2 Å². The van der Waals surface area contributed by atoms with Gasteiger partial charge in [-0.2, -0.15) is 0 Å². The molecule has 0 amide bonds. The van der Waals surface area contributed by atoms with Gasteiger partial charge < -0.3 is 10.4 Å². The quantitative estimate of drug-likeness (QED) is 0.881. The van der Waals surface area contributed by atoms with E-state index in [2.05, 4.69) is 42.2 Å². The molecule has 0 bridgehead atoms. The number of pyridine rings is 1. The van der Waals surface area contributed by atoms with E-state index in [9.17, 15) is 8.78 Å². The first-order valence-electron chi connectivity index (χ1n) is 4.02. The van der Waals surface area contributed by atoms with Crippen molar-refractivity contribution in [1.29, 1.82) is 0 Å². The highest BCUT2D eigenvalue weighted by molar-refractivity contribution is 9.11. The van der Waals surface area contributed by atoms with Gasteiger partial charge in [-0.3, -0.25) is 0 Å². The summed E-state index contributed by atoms with van der Waals surface area (Å²) >= 11 is 6.42. The van der Waals surface area contributed by atoms with Gasteiger partial charge in [0.15, 0.2) is 0 Å². The zero-order chi connectivity index (χ0) is 11.4. The van der Waals surface area contributed by atoms with Gasteiger partial charge in [0.05, 0.1) is 4.47 Å². The van der Waals surface area contributed by atoms with E-state index in [1.807, 2.05) is 0 Å². The fraction of sp³-hybridized carbons (Fsp3) is 0.375. The van der Waals surface area contributed by atoms with Crippen LogP contribution >= 0.6 is 31.9 Å². The van der Waals surface area contributed by atoms with Crippen molar-refractivity contribution in [3.8, 4) is 0 Å². The third kappa shape index (κ3) is 4.00. The van der Waals surface area contributed by atoms with Crippen molar-refractivity contribution in [2.75, 3.05) is 11.9 Å². The Morgan fingerprint density at radius 1 is 1.47 bits per heavy atom. The topological polar surface area (TPSA) is 45.1 Å². The Morgan fingerprint density at radius 3 is 2.67 bits per heavy atom. The lowest BCUT2D eigenvalue weighted by molar-refractivity contribution is 0.00380. The van der Waals surface area contributed by atoms with Crippen LogP contribution in [-0.4, -0.2) is 29.2 Å². The summed E-state index contributed by atoms with van der Waals surface area (Å²) in [5.41, 5.74) is 0. The predicted octanol–water partition coefficient (Wildman–Crippen LogP) is 2.64. The van der Waals surface area contributed by atoms with Gasteiger partial charge in [-0.15, -0.1) is 0 Å². The van der Waals surface area contributed by atoms with E-state index in [0.29, 0.717) is 10.3 Å². The summed E-state index contributed by atoms with van der Waals surface area (Å²) in [5.74, 6) is 0.415. The van der Waals surface area contributed by atoms with E-state index < -0.39 is 12.5 Å². The van der Waals surface area contributed by atoms with Crippen LogP contribution in [-0.2, 0) is 0 Å². The number of nitrogens with zero attached hydrogens (tertiary/aromatic N) is 1. The molecule has 84 valence electrons. The molecule has 7 heteroatoms. The molecular formula is C8H8Br2F2N2O. The number of halogens is 4. The molecule has 0 saturated heterocycles. The van der Waals surface area contributed by atoms with Gasteiger partial charge in [-0.1, -0.05) is 0 Å². The Bertz CT molecular complexity index is 338. The first-order valence-corrected chi connectivity index (χ1v) is 5.60. The Morgan fingerprint density at radius 2 is 2.13 bits per heavy atom. The molecule has 15 heavy (non-hydrogen) atoms. The second-order valence-corrected chi connectivity index (χ2v) is 4.54. The Labute approximate surface area is 102 Å². The van der Waals surface area contributed by atoms with Crippen LogP contribution in [0.2, 0.25) is 0 Å². The second kappa shape index (κ2) is 5.72. The maximum Gasteiger partial charge on any atom is 0.265 e. The van der Waals surface area contributed by atoms with Crippen molar-refractivity contribution in [3.63, 3.8) is 0 Å². The molecule has 1 aromatic rings. The van der Waals surface area contributed by atoms with Gasteiger partial charge >= 0.3 is 0 Å². The first kappa shape index (κ1) is 12.8. The van der Waals surface area contributed by atoms with Crippen LogP contribution in [0.1, 0.15) is 0 Å². The maximum absolute atomic E-state index is 12.0. The summed E-state index contributed by atoms with van der Waals surface area (Å²) in [5, 5.41) is 11.5. The summed E-state index contributed by atoms with van der Waals surface area (Å²) in [6.07, 6.45) is -2.92. The molecule has 0 aliphatic carbocycles. The molecular weight excluding hydrogens is 338 g/mol. The number of hydrogen-bond acceptors (Lipinski definition) is 3. The van der Waals surface area contributed by atoms with Crippen molar-refractivity contribution in [2.24, 2.45) is 0 Å². The number of aliphatic hydroxyl groups is 1. The minimum absolute atomic E-state index is 0.245. The Hall–Kier alpha value is -0.270. The average molecular weight is 346 g/mol. The zero-order valence-corrected chi connectivity index (χ0v) is 10.6. The van der Waals surface area contributed by atoms with Crippen molar-refractivity contribution >= 4 is 37.7 Å². The summed E-state index contributed by atoms with van der Waals surface area (Å²) in [6.45, 7) is -0.245. The molecule has 2 N–H and O–H groups in total. The van der Waals surface area contributed by atoms with Crippen LogP contribution in [0.15, 0.2) is 21.2 Å². The first-order chi connectivity index (χ1) is 7.00. The number of rotatable bonds is 4. The molecule has 0 spiro atoms. The summed E-state index contributed by atoms with van der Waals surface area (Å²) < 4.78 is 25.3. The molecule has 1 aromatic heterocycles. The minimum Gasteiger partial charge on any atom is -0.385 e. The Kier molecular flexibility index (Phi) is 4.88. The smallest absolute Gasteiger partial charge is 0.265 e. The number of alkyl halides is 2. The van der Waals surface area contributed by atoms with Gasteiger partial charge in [-0.25, -0.2) is 13.8 Å². The predicted molar refractivity (Wildman–Crippen MR) is 60.1 cm³/mol. The van der Waals surface area contributed by atoms with Gasteiger partial charge in [0.1, 0.15) is 11.9 Å². The Balaban J connectivity index is 2.58. The molecule has 3 nitrogen and oxygen atoms in total. The van der Waals surface area contributed by atoms with Crippen LogP contribution in [0, 0.1) is 0 Å². The molecule has 0 fully saturated rings. The molecule has 1 heterocycles. The van der Waals surface area contributed by atoms with E-state index in [-0.39, 0.29) is 6.54 Å². The lowest BCUT2D eigenvalue weighted by atomic mass is 10.3. The van der Waals surface area contributed by atoms with Crippen LogP contribution in [0.3, 0.4) is 0 Å². The highest BCUT2D eigenvalue weighted by Crippen LogP contribution is 2.23. The van der Waals surface area contributed by atoms with Gasteiger partial charge in [0.2, 0.25) is 0 Å². The van der Waals surface area contributed by atoms with E-state index in [1.54, 1.807) is 6.07 Å². The third-order valence-electron chi connectivity index (χ3n) is 1.58. The molecule has 1 unspecified atom stereocenters. The van der Waals surface area contributed by atoms with Gasteiger partial charge in [-0.05, 0) is 37.9 Å². The molecule has 0 aliphatic rings. The highest BCUT2D eigenvalue weighted by Gasteiger charge is 2.16. The number of nitrogens with one attached hydrogen (secondary N) is 1. The lowest BCUT2D eigenvalue weighted by Crippen LogP contribution is -2.27. The summed E-state index contributed by atoms with van der Waals surface area (Å²) in [4.78, 5) is 3.95. The van der Waals surface area contributed by atoms with Crippen molar-refractivity contribution in [1.82, 2.24) is 4.98 Å². The van der Waals surface area contributed by atoms with Crippen LogP contribution in [0.25, 0.3) is 0 Å². The number of anilines is 1. The van der Waals surface area contributed by atoms with Crippen molar-refractivity contribution < 1.29 is 13.9 Å². The fourth-order valence-electron chi connectivity index (χ4n) is 0.835. The van der Waals surface area contributed by atoms with Crippen LogP contribution in [0.4, 0.5) is 14.6 Å². The molecule has 1 rings (SSSR count). The largest absolute Gasteiger partial charge is 0.385 e. The zero-order valence-electron chi connectivity index (χ0n) is 7.42. The maximum atomic E-state index is 12.0. The van der Waals surface area contributed by atoms with E-state index in [4.69, 9.17) is 5.11 Å². The van der Waals surface area contributed by atoms with Crippen LogP contribution < -0.4 is 5.32 Å². The minimum atomic E-state index is -2.76. The monoisotopic (exact) mass is 344 g/mol. The van der Waals surface area contributed by atoms with Crippen molar-refractivity contribution in [2.45, 2.75) is 12.5 Å². The molecule has 0 aromatic carbocycles. The highest BCUT2D eigenvalue weighted by atomic mass is 79.9. The number of aromatic nitrogens is 1. The van der Waals surface area contributed by atoms with Crippen LogP contribution in [0.5, 0.6) is 0 Å². The molecule has 0 saturated carbocycles. The van der Waals surface area contributed by atoms with Crippen molar-refractivity contribution in [3.05, 3.63) is 21.2 Å². The normalized spacial score (nSPS) is 12.9. The number of aliphatic hydroxyl groups excluding tert-OH is 1. The van der Waals surface area contributed by atoms with E-state index >= 15 is 0 Å². The lowest BCUT2D eigenvalue weighted by Gasteiger charge is -2.12. The van der Waals surface area contributed by atoms with Gasteiger partial charge in [0.25, 0.3) is 6.43 Å². The third-order valence-corrected chi connectivity index (χ3v) is 2.62. The fourth-order valence-corrected chi connectivity index (χ4v) is 1.96. The SMILES string of the molecule is OC(CNc1ncc(Br)cc1Br)C(F)F. The second-order valence-electron chi connectivity index (χ2n) is 2.77. The molecule has 0 radical (unpaired) electrons. The molecule has 0 aliphatic heterocycles.